The second kappa shape index (κ2) is 7.19. The van der Waals surface area contributed by atoms with Gasteiger partial charge in [-0.3, -0.25) is 4.79 Å². The fourth-order valence-corrected chi connectivity index (χ4v) is 3.13. The maximum Gasteiger partial charge on any atom is 0.349 e. The number of esters is 1. The van der Waals surface area contributed by atoms with Gasteiger partial charge in [-0.15, -0.1) is 0 Å². The molecule has 0 bridgehead atoms. The fraction of sp³-hybridized carbons (Fsp3) is 0.421. The standard InChI is InChI=1S/C19H21NO6/c1-11(2)25-13-7-6-12-9-14(18(22)26-16(12)10-13)17(21)20-8-4-5-15(20)19(23)24-3/h6-7,9-11,15H,4-5,8H2,1-3H3/t15-/m0/s1. The third-order valence-electron chi connectivity index (χ3n) is 4.30. The summed E-state index contributed by atoms with van der Waals surface area (Å²) in [5.41, 5.74) is -0.485. The summed E-state index contributed by atoms with van der Waals surface area (Å²) >= 11 is 0. The highest BCUT2D eigenvalue weighted by molar-refractivity contribution is 5.99. The maximum absolute atomic E-state index is 12.8. The normalized spacial score (nSPS) is 16.9. The molecule has 1 atom stereocenters. The second-order valence-electron chi connectivity index (χ2n) is 6.49. The molecular weight excluding hydrogens is 338 g/mol. The van der Waals surface area contributed by atoms with Gasteiger partial charge in [-0.05, 0) is 44.9 Å². The first-order chi connectivity index (χ1) is 12.4. The Morgan fingerprint density at radius 3 is 2.73 bits per heavy atom. The van der Waals surface area contributed by atoms with E-state index in [0.29, 0.717) is 36.1 Å². The molecule has 0 radical (unpaired) electrons. The zero-order valence-electron chi connectivity index (χ0n) is 15.0. The van der Waals surface area contributed by atoms with Crippen LogP contribution in [0, 0.1) is 0 Å². The number of hydrogen-bond acceptors (Lipinski definition) is 6. The van der Waals surface area contributed by atoms with Crippen molar-refractivity contribution in [2.45, 2.75) is 38.8 Å². The largest absolute Gasteiger partial charge is 0.491 e. The zero-order chi connectivity index (χ0) is 18.8. The smallest absolute Gasteiger partial charge is 0.349 e. The van der Waals surface area contributed by atoms with Crippen molar-refractivity contribution in [2.24, 2.45) is 0 Å². The number of carbonyl (C=O) groups excluding carboxylic acids is 2. The van der Waals surface area contributed by atoms with Gasteiger partial charge < -0.3 is 18.8 Å². The van der Waals surface area contributed by atoms with Crippen molar-refractivity contribution in [3.63, 3.8) is 0 Å². The summed E-state index contributed by atoms with van der Waals surface area (Å²) < 4.78 is 15.7. The minimum Gasteiger partial charge on any atom is -0.491 e. The van der Waals surface area contributed by atoms with Gasteiger partial charge in [0.25, 0.3) is 5.91 Å². The molecule has 0 unspecified atom stereocenters. The van der Waals surface area contributed by atoms with E-state index < -0.39 is 23.5 Å². The van der Waals surface area contributed by atoms with Crippen molar-refractivity contribution in [1.29, 1.82) is 0 Å². The molecule has 1 aromatic carbocycles. The molecule has 0 spiro atoms. The Morgan fingerprint density at radius 1 is 1.27 bits per heavy atom. The lowest BCUT2D eigenvalue weighted by atomic mass is 10.1. The van der Waals surface area contributed by atoms with E-state index in [1.54, 1.807) is 18.2 Å². The summed E-state index contributed by atoms with van der Waals surface area (Å²) in [6.07, 6.45) is 1.19. The molecule has 1 fully saturated rings. The predicted octanol–water partition coefficient (Wildman–Crippen LogP) is 2.36. The molecule has 7 nitrogen and oxygen atoms in total. The number of likely N-dealkylation sites (tertiary alicyclic amines) is 1. The number of hydrogen-bond donors (Lipinski definition) is 0. The summed E-state index contributed by atoms with van der Waals surface area (Å²) in [6.45, 7) is 4.20. The lowest BCUT2D eigenvalue weighted by Crippen LogP contribution is -2.42. The number of benzene rings is 1. The van der Waals surface area contributed by atoms with E-state index in [2.05, 4.69) is 0 Å². The molecule has 2 heterocycles. The van der Waals surface area contributed by atoms with E-state index in [4.69, 9.17) is 13.9 Å². The van der Waals surface area contributed by atoms with E-state index >= 15 is 0 Å². The van der Waals surface area contributed by atoms with Crippen molar-refractivity contribution in [2.75, 3.05) is 13.7 Å². The van der Waals surface area contributed by atoms with Gasteiger partial charge in [0.05, 0.1) is 13.2 Å². The lowest BCUT2D eigenvalue weighted by Gasteiger charge is -2.22. The third kappa shape index (κ3) is 3.42. The van der Waals surface area contributed by atoms with Crippen LogP contribution >= 0.6 is 0 Å². The van der Waals surface area contributed by atoms with Gasteiger partial charge in [-0.25, -0.2) is 9.59 Å². The molecule has 1 aliphatic heterocycles. The number of fused-ring (bicyclic) bond motifs is 1. The molecule has 1 amide bonds. The molecule has 7 heteroatoms. The van der Waals surface area contributed by atoms with Gasteiger partial charge in [-0.2, -0.15) is 0 Å². The van der Waals surface area contributed by atoms with E-state index in [1.165, 1.54) is 18.1 Å². The Balaban J connectivity index is 1.95. The Kier molecular flexibility index (Phi) is 4.97. The monoisotopic (exact) mass is 359 g/mol. The SMILES string of the molecule is COC(=O)[C@@H]1CCCN1C(=O)c1cc2ccc(OC(C)C)cc2oc1=O. The summed E-state index contributed by atoms with van der Waals surface area (Å²) in [6, 6.07) is 5.94. The van der Waals surface area contributed by atoms with Crippen LogP contribution in [0.25, 0.3) is 11.0 Å². The van der Waals surface area contributed by atoms with Crippen LogP contribution in [0.2, 0.25) is 0 Å². The third-order valence-corrected chi connectivity index (χ3v) is 4.30. The van der Waals surface area contributed by atoms with E-state index in [1.807, 2.05) is 13.8 Å². The van der Waals surface area contributed by atoms with Gasteiger partial charge in [0.2, 0.25) is 0 Å². The Morgan fingerprint density at radius 2 is 2.04 bits per heavy atom. The first kappa shape index (κ1) is 18.0. The highest BCUT2D eigenvalue weighted by Gasteiger charge is 2.36. The van der Waals surface area contributed by atoms with Crippen LogP contribution in [0.1, 0.15) is 37.0 Å². The summed E-state index contributed by atoms with van der Waals surface area (Å²) in [5, 5.41) is 0.609. The first-order valence-corrected chi connectivity index (χ1v) is 8.54. The number of nitrogens with zero attached hydrogens (tertiary/aromatic N) is 1. The predicted molar refractivity (Wildman–Crippen MR) is 94.3 cm³/mol. The minimum absolute atomic E-state index is 0.00885. The lowest BCUT2D eigenvalue weighted by molar-refractivity contribution is -0.145. The molecule has 3 rings (SSSR count). The Bertz CT molecular complexity index is 901. The molecular formula is C19H21NO6. The zero-order valence-corrected chi connectivity index (χ0v) is 15.0. The van der Waals surface area contributed by atoms with E-state index in [0.717, 1.165) is 0 Å². The number of carbonyl (C=O) groups is 2. The number of ether oxygens (including phenoxy) is 2. The molecule has 0 aliphatic carbocycles. The highest BCUT2D eigenvalue weighted by Crippen LogP contribution is 2.24. The van der Waals surface area contributed by atoms with Crippen molar-refractivity contribution in [3.8, 4) is 5.75 Å². The number of methoxy groups -OCH3 is 1. The molecule has 1 aliphatic rings. The summed E-state index contributed by atoms with van der Waals surface area (Å²) in [4.78, 5) is 38.4. The van der Waals surface area contributed by atoms with Crippen LogP contribution in [0.5, 0.6) is 5.75 Å². The average Bonchev–Trinajstić information content (AvgIpc) is 3.09. The number of amides is 1. The topological polar surface area (TPSA) is 86.1 Å². The van der Waals surface area contributed by atoms with Gasteiger partial charge >= 0.3 is 11.6 Å². The van der Waals surface area contributed by atoms with E-state index in [9.17, 15) is 14.4 Å². The van der Waals surface area contributed by atoms with E-state index in [-0.39, 0.29) is 11.7 Å². The van der Waals surface area contributed by atoms with Crippen LogP contribution in [0.4, 0.5) is 0 Å². The molecule has 1 aromatic heterocycles. The van der Waals surface area contributed by atoms with Crippen LogP contribution in [0.3, 0.4) is 0 Å². The van der Waals surface area contributed by atoms with Crippen LogP contribution in [-0.2, 0) is 9.53 Å². The molecule has 0 saturated carbocycles. The van der Waals surface area contributed by atoms with Crippen LogP contribution < -0.4 is 10.4 Å². The number of rotatable bonds is 4. The Hall–Kier alpha value is -2.83. The second-order valence-corrected chi connectivity index (χ2v) is 6.49. The van der Waals surface area contributed by atoms with Gasteiger partial charge in [0.1, 0.15) is 22.9 Å². The van der Waals surface area contributed by atoms with Crippen molar-refractivity contribution in [1.82, 2.24) is 4.90 Å². The molecule has 0 N–H and O–H groups in total. The van der Waals surface area contributed by atoms with Gasteiger partial charge in [0, 0.05) is 18.0 Å². The van der Waals surface area contributed by atoms with Gasteiger partial charge in [-0.1, -0.05) is 0 Å². The summed E-state index contributed by atoms with van der Waals surface area (Å²) in [5.74, 6) is -0.410. The molecule has 1 saturated heterocycles. The average molecular weight is 359 g/mol. The minimum atomic E-state index is -0.736. The van der Waals surface area contributed by atoms with Gasteiger partial charge in [0.15, 0.2) is 0 Å². The van der Waals surface area contributed by atoms with Crippen molar-refractivity contribution < 1.29 is 23.5 Å². The van der Waals surface area contributed by atoms with Crippen molar-refractivity contribution in [3.05, 3.63) is 40.2 Å². The quantitative estimate of drug-likeness (QED) is 0.615. The summed E-state index contributed by atoms with van der Waals surface area (Å²) in [7, 11) is 1.28. The molecule has 2 aromatic rings. The van der Waals surface area contributed by atoms with Crippen LogP contribution in [-0.4, -0.2) is 42.6 Å². The highest BCUT2D eigenvalue weighted by atomic mass is 16.5. The van der Waals surface area contributed by atoms with Crippen LogP contribution in [0.15, 0.2) is 33.5 Å². The Labute approximate surface area is 150 Å². The first-order valence-electron chi connectivity index (χ1n) is 8.54. The van der Waals surface area contributed by atoms with Crippen molar-refractivity contribution >= 4 is 22.8 Å². The maximum atomic E-state index is 12.8. The molecule has 26 heavy (non-hydrogen) atoms. The fourth-order valence-electron chi connectivity index (χ4n) is 3.13. The molecule has 138 valence electrons.